The second-order valence-corrected chi connectivity index (χ2v) is 9.75. The van der Waals surface area contributed by atoms with E-state index in [-0.39, 0.29) is 41.0 Å². The molecule has 1 saturated heterocycles. The van der Waals surface area contributed by atoms with Gasteiger partial charge >= 0.3 is 5.97 Å². The summed E-state index contributed by atoms with van der Waals surface area (Å²) in [5, 5.41) is 21.2. The fourth-order valence-electron chi connectivity index (χ4n) is 6.83. The SMILES string of the molecule is CCC(=O)O[C@H]1CO[C@H]2[C@@H]3[C@@H](O)C[C@H]4C[C@@H](O)CC[C@]4(C)[C@H]3CC[C@]12C. The molecule has 1 heterocycles. The van der Waals surface area contributed by atoms with E-state index in [1.54, 1.807) is 0 Å². The molecule has 0 bridgehead atoms. The Kier molecular flexibility index (Phi) is 4.64. The van der Waals surface area contributed by atoms with Gasteiger partial charge in [0.1, 0.15) is 6.10 Å². The molecule has 4 rings (SSSR count). The van der Waals surface area contributed by atoms with E-state index in [4.69, 9.17) is 9.47 Å². The smallest absolute Gasteiger partial charge is 0.305 e. The van der Waals surface area contributed by atoms with Crippen molar-refractivity contribution in [2.24, 2.45) is 28.6 Å². The summed E-state index contributed by atoms with van der Waals surface area (Å²) < 4.78 is 11.9. The van der Waals surface area contributed by atoms with Crippen LogP contribution in [0.15, 0.2) is 0 Å². The summed E-state index contributed by atoms with van der Waals surface area (Å²) in [6.07, 6.45) is 5.01. The van der Waals surface area contributed by atoms with E-state index in [1.807, 2.05) is 6.92 Å². The first-order valence-corrected chi connectivity index (χ1v) is 10.5. The van der Waals surface area contributed by atoms with Gasteiger partial charge in [0.05, 0.1) is 24.9 Å². The first-order valence-electron chi connectivity index (χ1n) is 10.5. The Hall–Kier alpha value is -0.650. The van der Waals surface area contributed by atoms with Crippen LogP contribution in [0.4, 0.5) is 0 Å². The second kappa shape index (κ2) is 6.46. The van der Waals surface area contributed by atoms with Crippen LogP contribution in [0.5, 0.6) is 0 Å². The monoisotopic (exact) mass is 366 g/mol. The van der Waals surface area contributed by atoms with Gasteiger partial charge in [-0.15, -0.1) is 0 Å². The molecule has 9 atom stereocenters. The van der Waals surface area contributed by atoms with E-state index in [2.05, 4.69) is 13.8 Å². The predicted molar refractivity (Wildman–Crippen MR) is 96.3 cm³/mol. The Labute approximate surface area is 156 Å². The highest BCUT2D eigenvalue weighted by atomic mass is 16.6. The molecule has 0 spiro atoms. The standard InChI is InChI=1S/C21H34O5/c1-4-17(24)26-16-11-25-19-18-14(6-8-21(16,19)3)20(2)7-5-13(22)9-12(20)10-15(18)23/h12-16,18-19,22-23H,4-11H2,1-3H3/t12-,13+,14+,15+,16+,18+,19+,20+,21-/m1/s1. The van der Waals surface area contributed by atoms with Crippen molar-refractivity contribution in [2.45, 2.75) is 90.1 Å². The van der Waals surface area contributed by atoms with Gasteiger partial charge in [-0.05, 0) is 55.8 Å². The van der Waals surface area contributed by atoms with E-state index < -0.39 is 6.10 Å². The molecular weight excluding hydrogens is 332 g/mol. The van der Waals surface area contributed by atoms with Crippen molar-refractivity contribution < 1.29 is 24.5 Å². The zero-order valence-corrected chi connectivity index (χ0v) is 16.3. The normalized spacial score (nSPS) is 53.3. The van der Waals surface area contributed by atoms with Gasteiger partial charge in [0.2, 0.25) is 0 Å². The van der Waals surface area contributed by atoms with E-state index in [9.17, 15) is 15.0 Å². The van der Waals surface area contributed by atoms with Crippen LogP contribution in [-0.4, -0.2) is 47.2 Å². The highest BCUT2D eigenvalue weighted by Gasteiger charge is 2.64. The average Bonchev–Trinajstić information content (AvgIpc) is 2.93. The third kappa shape index (κ3) is 2.65. The molecule has 3 aliphatic carbocycles. The lowest BCUT2D eigenvalue weighted by Crippen LogP contribution is -2.61. The van der Waals surface area contributed by atoms with Crippen LogP contribution in [0.1, 0.15) is 65.7 Å². The van der Waals surface area contributed by atoms with Gasteiger partial charge in [0.15, 0.2) is 0 Å². The molecule has 2 N–H and O–H groups in total. The van der Waals surface area contributed by atoms with Crippen molar-refractivity contribution >= 4 is 5.97 Å². The zero-order chi connectivity index (χ0) is 18.7. The van der Waals surface area contributed by atoms with E-state index in [0.29, 0.717) is 24.9 Å². The Morgan fingerprint density at radius 1 is 1.15 bits per heavy atom. The van der Waals surface area contributed by atoms with Crippen LogP contribution in [0.2, 0.25) is 0 Å². The van der Waals surface area contributed by atoms with Gasteiger partial charge in [-0.3, -0.25) is 4.79 Å². The molecular formula is C21H34O5. The number of hydrogen-bond acceptors (Lipinski definition) is 5. The Bertz CT molecular complexity index is 565. The molecule has 0 unspecified atom stereocenters. The summed E-state index contributed by atoms with van der Waals surface area (Å²) in [6.45, 7) is 6.82. The van der Waals surface area contributed by atoms with E-state index in [1.165, 1.54) is 0 Å². The number of esters is 1. The van der Waals surface area contributed by atoms with Gasteiger partial charge in [-0.25, -0.2) is 0 Å². The number of aliphatic hydroxyl groups excluding tert-OH is 2. The molecule has 26 heavy (non-hydrogen) atoms. The van der Waals surface area contributed by atoms with Crippen molar-refractivity contribution in [3.05, 3.63) is 0 Å². The number of hydrogen-bond donors (Lipinski definition) is 2. The third-order valence-electron chi connectivity index (χ3n) is 8.51. The van der Waals surface area contributed by atoms with Gasteiger partial charge in [-0.2, -0.15) is 0 Å². The largest absolute Gasteiger partial charge is 0.459 e. The van der Waals surface area contributed by atoms with Crippen LogP contribution >= 0.6 is 0 Å². The maximum absolute atomic E-state index is 11.9. The molecule has 4 aliphatic rings. The third-order valence-corrected chi connectivity index (χ3v) is 8.51. The minimum Gasteiger partial charge on any atom is -0.459 e. The maximum Gasteiger partial charge on any atom is 0.305 e. The highest BCUT2D eigenvalue weighted by Crippen LogP contribution is 2.63. The van der Waals surface area contributed by atoms with Crippen molar-refractivity contribution in [1.29, 1.82) is 0 Å². The minimum atomic E-state index is -0.395. The summed E-state index contributed by atoms with van der Waals surface area (Å²) in [5.41, 5.74) is -0.0314. The topological polar surface area (TPSA) is 76.0 Å². The fourth-order valence-corrected chi connectivity index (χ4v) is 6.83. The van der Waals surface area contributed by atoms with Crippen LogP contribution in [0.3, 0.4) is 0 Å². The molecule has 5 nitrogen and oxygen atoms in total. The van der Waals surface area contributed by atoms with Gasteiger partial charge < -0.3 is 19.7 Å². The molecule has 1 aliphatic heterocycles. The molecule has 0 aromatic carbocycles. The van der Waals surface area contributed by atoms with Gasteiger partial charge in [0.25, 0.3) is 0 Å². The highest BCUT2D eigenvalue weighted by molar-refractivity contribution is 5.69. The molecule has 5 heteroatoms. The van der Waals surface area contributed by atoms with Gasteiger partial charge in [0, 0.05) is 17.8 Å². The van der Waals surface area contributed by atoms with Gasteiger partial charge in [-0.1, -0.05) is 20.8 Å². The number of fused-ring (bicyclic) bond motifs is 5. The van der Waals surface area contributed by atoms with Crippen LogP contribution in [0, 0.1) is 28.6 Å². The fraction of sp³-hybridized carbons (Fsp3) is 0.952. The average molecular weight is 366 g/mol. The summed E-state index contributed by atoms with van der Waals surface area (Å²) in [4.78, 5) is 11.9. The quantitative estimate of drug-likeness (QED) is 0.735. The molecule has 4 fully saturated rings. The summed E-state index contributed by atoms with van der Waals surface area (Å²) in [6, 6.07) is 0. The van der Waals surface area contributed by atoms with Crippen molar-refractivity contribution in [1.82, 2.24) is 0 Å². The molecule has 0 amide bonds. The number of rotatable bonds is 2. The summed E-state index contributed by atoms with van der Waals surface area (Å²) in [5.74, 6) is 0.750. The number of carbonyl (C=O) groups is 1. The van der Waals surface area contributed by atoms with Crippen molar-refractivity contribution in [3.8, 4) is 0 Å². The molecule has 0 aromatic heterocycles. The minimum absolute atomic E-state index is 0.0458. The van der Waals surface area contributed by atoms with Crippen molar-refractivity contribution in [3.63, 3.8) is 0 Å². The van der Waals surface area contributed by atoms with E-state index in [0.717, 1.165) is 38.5 Å². The first kappa shape index (κ1) is 18.7. The summed E-state index contributed by atoms with van der Waals surface area (Å²) >= 11 is 0. The van der Waals surface area contributed by atoms with Crippen LogP contribution in [-0.2, 0) is 14.3 Å². The molecule has 3 saturated carbocycles. The summed E-state index contributed by atoms with van der Waals surface area (Å²) in [7, 11) is 0. The van der Waals surface area contributed by atoms with E-state index >= 15 is 0 Å². The number of aliphatic hydroxyl groups is 2. The Morgan fingerprint density at radius 3 is 2.62 bits per heavy atom. The lowest BCUT2D eigenvalue weighted by Gasteiger charge is -2.61. The molecule has 148 valence electrons. The zero-order valence-electron chi connectivity index (χ0n) is 16.3. The number of carbonyl (C=O) groups excluding carboxylic acids is 1. The maximum atomic E-state index is 11.9. The van der Waals surface area contributed by atoms with Crippen LogP contribution in [0.25, 0.3) is 0 Å². The second-order valence-electron chi connectivity index (χ2n) is 9.75. The number of ether oxygens (including phenoxy) is 2. The first-order chi connectivity index (χ1) is 12.3. The molecule has 0 radical (unpaired) electrons. The Balaban J connectivity index is 1.59. The van der Waals surface area contributed by atoms with Crippen molar-refractivity contribution in [2.75, 3.05) is 6.61 Å². The lowest BCUT2D eigenvalue weighted by molar-refractivity contribution is -0.193. The lowest BCUT2D eigenvalue weighted by atomic mass is 9.46. The Morgan fingerprint density at radius 2 is 1.88 bits per heavy atom. The van der Waals surface area contributed by atoms with Crippen LogP contribution < -0.4 is 0 Å². The molecule has 0 aromatic rings. The predicted octanol–water partition coefficient (Wildman–Crippen LogP) is 2.67.